The molecule has 3 rings (SSSR count). The first-order valence-electron chi connectivity index (χ1n) is 7.00. The van der Waals surface area contributed by atoms with Gasteiger partial charge in [0.05, 0.1) is 16.9 Å². The Labute approximate surface area is 121 Å². The molecule has 2 heterocycles. The Kier molecular flexibility index (Phi) is 3.91. The van der Waals surface area contributed by atoms with Gasteiger partial charge in [0, 0.05) is 41.4 Å². The molecule has 6 heteroatoms. The monoisotopic (exact) mass is 293 g/mol. The van der Waals surface area contributed by atoms with E-state index >= 15 is 0 Å². The molecule has 3 N–H and O–H groups in total. The van der Waals surface area contributed by atoms with E-state index in [9.17, 15) is 9.00 Å². The summed E-state index contributed by atoms with van der Waals surface area (Å²) in [5, 5.41) is 9.63. The summed E-state index contributed by atoms with van der Waals surface area (Å²) >= 11 is 0. The fourth-order valence-corrected chi connectivity index (χ4v) is 3.96. The minimum absolute atomic E-state index is 0.0456. The van der Waals surface area contributed by atoms with Gasteiger partial charge < -0.3 is 16.0 Å². The fourth-order valence-electron chi connectivity index (χ4n) is 2.67. The van der Waals surface area contributed by atoms with Gasteiger partial charge >= 0.3 is 0 Å². The molecule has 0 saturated carbocycles. The van der Waals surface area contributed by atoms with Crippen molar-refractivity contribution in [3.63, 3.8) is 0 Å². The number of para-hydroxylation sites is 1. The first-order chi connectivity index (χ1) is 9.74. The second kappa shape index (κ2) is 5.83. The number of carbonyl (C=O) groups excluding carboxylic acids is 1. The number of amides is 1. The van der Waals surface area contributed by atoms with Crippen molar-refractivity contribution in [1.82, 2.24) is 5.32 Å². The van der Waals surface area contributed by atoms with Crippen LogP contribution in [0.3, 0.4) is 0 Å². The second-order valence-corrected chi connectivity index (χ2v) is 6.87. The van der Waals surface area contributed by atoms with Crippen molar-refractivity contribution in [2.75, 3.05) is 35.2 Å². The maximum atomic E-state index is 12.4. The molecule has 1 saturated heterocycles. The largest absolute Gasteiger partial charge is 0.382 e. The number of benzene rings is 1. The standard InChI is InChI=1S/C14H19N3O2S/c18-14(17-10-4-8-20(19)9-5-10)11-2-1-3-12-13(11)16-7-6-15-12/h1-3,10,15-16H,4-9H2,(H,17,18). The Morgan fingerprint density at radius 2 is 1.95 bits per heavy atom. The normalized spacial score (nSPS) is 25.0. The van der Waals surface area contributed by atoms with Crippen molar-refractivity contribution in [1.29, 1.82) is 0 Å². The molecule has 108 valence electrons. The molecule has 0 radical (unpaired) electrons. The third-order valence-electron chi connectivity index (χ3n) is 3.77. The Bertz CT molecular complexity index is 537. The molecule has 20 heavy (non-hydrogen) atoms. The van der Waals surface area contributed by atoms with Crippen molar-refractivity contribution >= 4 is 28.1 Å². The minimum Gasteiger partial charge on any atom is -0.382 e. The van der Waals surface area contributed by atoms with Gasteiger partial charge in [-0.15, -0.1) is 0 Å². The van der Waals surface area contributed by atoms with Crippen LogP contribution in [0.1, 0.15) is 23.2 Å². The number of fused-ring (bicyclic) bond motifs is 1. The molecular weight excluding hydrogens is 274 g/mol. The third-order valence-corrected chi connectivity index (χ3v) is 5.16. The summed E-state index contributed by atoms with van der Waals surface area (Å²) < 4.78 is 11.3. The maximum absolute atomic E-state index is 12.4. The Balaban J connectivity index is 1.72. The van der Waals surface area contributed by atoms with Crippen LogP contribution in [0.25, 0.3) is 0 Å². The average molecular weight is 293 g/mol. The lowest BCUT2D eigenvalue weighted by molar-refractivity contribution is 0.0935. The van der Waals surface area contributed by atoms with Gasteiger partial charge in [-0.2, -0.15) is 0 Å². The Hall–Kier alpha value is -1.56. The predicted molar refractivity (Wildman–Crippen MR) is 81.8 cm³/mol. The number of hydrogen-bond acceptors (Lipinski definition) is 4. The lowest BCUT2D eigenvalue weighted by Gasteiger charge is -2.25. The van der Waals surface area contributed by atoms with Gasteiger partial charge in [-0.1, -0.05) is 6.07 Å². The van der Waals surface area contributed by atoms with Crippen LogP contribution in [-0.2, 0) is 10.8 Å². The van der Waals surface area contributed by atoms with Crippen molar-refractivity contribution in [3.8, 4) is 0 Å². The van der Waals surface area contributed by atoms with Crippen molar-refractivity contribution < 1.29 is 9.00 Å². The van der Waals surface area contributed by atoms with Crippen molar-refractivity contribution in [2.45, 2.75) is 18.9 Å². The summed E-state index contributed by atoms with van der Waals surface area (Å²) in [7, 11) is -0.696. The molecule has 5 nitrogen and oxygen atoms in total. The van der Waals surface area contributed by atoms with Crippen LogP contribution in [0.15, 0.2) is 18.2 Å². The van der Waals surface area contributed by atoms with E-state index in [1.807, 2.05) is 18.2 Å². The minimum atomic E-state index is -0.696. The zero-order valence-corrected chi connectivity index (χ0v) is 12.1. The Morgan fingerprint density at radius 1 is 1.20 bits per heavy atom. The first kappa shape index (κ1) is 13.4. The molecule has 2 aliphatic heterocycles. The fraction of sp³-hybridized carbons (Fsp3) is 0.500. The first-order valence-corrected chi connectivity index (χ1v) is 8.49. The van der Waals surface area contributed by atoms with Crippen LogP contribution in [0.2, 0.25) is 0 Å². The molecule has 0 aliphatic carbocycles. The second-order valence-electron chi connectivity index (χ2n) is 5.18. The molecule has 1 aromatic carbocycles. The lowest BCUT2D eigenvalue weighted by atomic mass is 10.1. The van der Waals surface area contributed by atoms with Gasteiger partial charge in [0.2, 0.25) is 0 Å². The van der Waals surface area contributed by atoms with Crippen LogP contribution in [0, 0.1) is 0 Å². The Morgan fingerprint density at radius 3 is 2.75 bits per heavy atom. The lowest BCUT2D eigenvalue weighted by Crippen LogP contribution is -2.40. The zero-order chi connectivity index (χ0) is 13.9. The van der Waals surface area contributed by atoms with Crippen LogP contribution in [0.5, 0.6) is 0 Å². The summed E-state index contributed by atoms with van der Waals surface area (Å²) in [6.07, 6.45) is 1.61. The molecule has 0 unspecified atom stereocenters. The molecule has 0 atom stereocenters. The molecule has 0 bridgehead atoms. The molecule has 1 aromatic rings. The number of rotatable bonds is 2. The van der Waals surface area contributed by atoms with Gasteiger partial charge in [0.25, 0.3) is 5.91 Å². The van der Waals surface area contributed by atoms with Crippen molar-refractivity contribution in [3.05, 3.63) is 23.8 Å². The van der Waals surface area contributed by atoms with E-state index in [0.717, 1.165) is 37.3 Å². The number of nitrogens with one attached hydrogen (secondary N) is 3. The van der Waals surface area contributed by atoms with Gasteiger partial charge in [0.15, 0.2) is 0 Å². The van der Waals surface area contributed by atoms with E-state index < -0.39 is 10.8 Å². The summed E-state index contributed by atoms with van der Waals surface area (Å²) in [5.41, 5.74) is 2.55. The summed E-state index contributed by atoms with van der Waals surface area (Å²) in [4.78, 5) is 12.4. The highest BCUT2D eigenvalue weighted by molar-refractivity contribution is 7.85. The number of hydrogen-bond donors (Lipinski definition) is 3. The third kappa shape index (κ3) is 2.80. The SMILES string of the molecule is O=C(NC1CCS(=O)CC1)c1cccc2c1NCCN2. The van der Waals surface area contributed by atoms with E-state index in [-0.39, 0.29) is 11.9 Å². The van der Waals surface area contributed by atoms with E-state index in [0.29, 0.717) is 17.1 Å². The molecule has 0 spiro atoms. The smallest absolute Gasteiger partial charge is 0.253 e. The van der Waals surface area contributed by atoms with Gasteiger partial charge in [0.1, 0.15) is 0 Å². The molecule has 1 fully saturated rings. The predicted octanol–water partition coefficient (Wildman–Crippen LogP) is 1.16. The van der Waals surface area contributed by atoms with Gasteiger partial charge in [-0.25, -0.2) is 0 Å². The molecule has 1 amide bonds. The summed E-state index contributed by atoms with van der Waals surface area (Å²) in [6.45, 7) is 1.69. The van der Waals surface area contributed by atoms with Crippen LogP contribution in [0.4, 0.5) is 11.4 Å². The van der Waals surface area contributed by atoms with Crippen LogP contribution >= 0.6 is 0 Å². The van der Waals surface area contributed by atoms with Gasteiger partial charge in [-0.05, 0) is 25.0 Å². The molecular formula is C14H19N3O2S. The van der Waals surface area contributed by atoms with E-state index in [1.54, 1.807) is 0 Å². The zero-order valence-electron chi connectivity index (χ0n) is 11.3. The topological polar surface area (TPSA) is 70.2 Å². The number of anilines is 2. The van der Waals surface area contributed by atoms with Crippen molar-refractivity contribution in [2.24, 2.45) is 0 Å². The molecule has 0 aromatic heterocycles. The highest BCUT2D eigenvalue weighted by Gasteiger charge is 2.22. The number of carbonyl (C=O) groups is 1. The van der Waals surface area contributed by atoms with E-state index in [4.69, 9.17) is 0 Å². The average Bonchev–Trinajstić information content (AvgIpc) is 2.49. The maximum Gasteiger partial charge on any atom is 0.253 e. The molecule has 2 aliphatic rings. The highest BCUT2D eigenvalue weighted by atomic mass is 32.2. The van der Waals surface area contributed by atoms with E-state index in [1.165, 1.54) is 0 Å². The highest BCUT2D eigenvalue weighted by Crippen LogP contribution is 2.28. The van der Waals surface area contributed by atoms with Crippen LogP contribution in [-0.4, -0.2) is 40.8 Å². The quantitative estimate of drug-likeness (QED) is 0.765. The summed E-state index contributed by atoms with van der Waals surface area (Å²) in [5.74, 6) is 1.34. The van der Waals surface area contributed by atoms with Crippen LogP contribution < -0.4 is 16.0 Å². The summed E-state index contributed by atoms with van der Waals surface area (Å²) in [6, 6.07) is 5.86. The van der Waals surface area contributed by atoms with Gasteiger partial charge in [-0.3, -0.25) is 9.00 Å². The van der Waals surface area contributed by atoms with E-state index in [2.05, 4.69) is 16.0 Å².